The van der Waals surface area contributed by atoms with E-state index >= 15 is 0 Å². The van der Waals surface area contributed by atoms with Crippen LogP contribution in [0.1, 0.15) is 27.8 Å². The molecule has 0 spiro atoms. The van der Waals surface area contributed by atoms with Crippen molar-refractivity contribution in [3.63, 3.8) is 0 Å². The molecule has 44 heavy (non-hydrogen) atoms. The molecule has 224 valence electrons. The molecular formula is C39H38O5. The van der Waals surface area contributed by atoms with E-state index in [9.17, 15) is 0 Å². The van der Waals surface area contributed by atoms with Gasteiger partial charge in [0.05, 0.1) is 19.8 Å². The summed E-state index contributed by atoms with van der Waals surface area (Å²) in [6, 6.07) is 51.3. The van der Waals surface area contributed by atoms with Crippen LogP contribution in [0, 0.1) is 0 Å². The highest BCUT2D eigenvalue weighted by molar-refractivity contribution is 5.47. The molecular weight excluding hydrogens is 548 g/mol. The molecule has 0 bridgehead atoms. The van der Waals surface area contributed by atoms with Crippen LogP contribution in [0.25, 0.3) is 0 Å². The van der Waals surface area contributed by atoms with Gasteiger partial charge in [-0.25, -0.2) is 0 Å². The molecule has 4 atom stereocenters. The van der Waals surface area contributed by atoms with Gasteiger partial charge in [-0.2, -0.15) is 0 Å². The zero-order valence-corrected chi connectivity index (χ0v) is 24.9. The second-order valence-corrected chi connectivity index (χ2v) is 10.9. The predicted molar refractivity (Wildman–Crippen MR) is 171 cm³/mol. The van der Waals surface area contributed by atoms with Gasteiger partial charge >= 0.3 is 0 Å². The summed E-state index contributed by atoms with van der Waals surface area (Å²) >= 11 is 0. The maximum atomic E-state index is 7.14. The van der Waals surface area contributed by atoms with Crippen LogP contribution in [0.4, 0.5) is 0 Å². The smallest absolute Gasteiger partial charge is 0.186 e. The summed E-state index contributed by atoms with van der Waals surface area (Å²) in [5, 5.41) is 0. The molecule has 0 aliphatic carbocycles. The minimum atomic E-state index is -0.886. The molecule has 6 rings (SSSR count). The van der Waals surface area contributed by atoms with Gasteiger partial charge in [0, 0.05) is 7.11 Å². The van der Waals surface area contributed by atoms with Gasteiger partial charge in [0.25, 0.3) is 0 Å². The summed E-state index contributed by atoms with van der Waals surface area (Å²) < 4.78 is 32.6. The van der Waals surface area contributed by atoms with Gasteiger partial charge in [0.2, 0.25) is 0 Å². The van der Waals surface area contributed by atoms with Crippen molar-refractivity contribution in [3.8, 4) is 0 Å². The first kappa shape index (κ1) is 29.9. The van der Waals surface area contributed by atoms with Gasteiger partial charge < -0.3 is 23.7 Å². The van der Waals surface area contributed by atoms with Crippen molar-refractivity contribution in [3.05, 3.63) is 179 Å². The lowest BCUT2D eigenvalue weighted by Gasteiger charge is -2.37. The van der Waals surface area contributed by atoms with E-state index in [0.717, 1.165) is 27.8 Å². The molecule has 0 aromatic heterocycles. The first-order valence-corrected chi connectivity index (χ1v) is 15.1. The minimum Gasteiger partial charge on any atom is -0.368 e. The van der Waals surface area contributed by atoms with E-state index in [0.29, 0.717) is 13.2 Å². The highest BCUT2D eigenvalue weighted by atomic mass is 16.7. The van der Waals surface area contributed by atoms with E-state index in [1.807, 2.05) is 103 Å². The number of rotatable bonds is 13. The lowest BCUT2D eigenvalue weighted by atomic mass is 9.80. The second-order valence-electron chi connectivity index (χ2n) is 10.9. The maximum absolute atomic E-state index is 7.14. The number of hydrogen-bond donors (Lipinski definition) is 0. The van der Waals surface area contributed by atoms with Crippen LogP contribution >= 0.6 is 0 Å². The molecule has 0 saturated carbocycles. The molecule has 1 heterocycles. The van der Waals surface area contributed by atoms with Crippen molar-refractivity contribution < 1.29 is 23.7 Å². The number of methoxy groups -OCH3 is 1. The zero-order chi connectivity index (χ0) is 30.0. The van der Waals surface area contributed by atoms with Crippen molar-refractivity contribution in [1.29, 1.82) is 0 Å². The largest absolute Gasteiger partial charge is 0.368 e. The third-order valence-corrected chi connectivity index (χ3v) is 8.08. The molecule has 1 saturated heterocycles. The Labute approximate surface area is 260 Å². The molecule has 5 heteroatoms. The average Bonchev–Trinajstić information content (AvgIpc) is 3.45. The lowest BCUT2D eigenvalue weighted by molar-refractivity contribution is -0.173. The molecule has 0 amide bonds. The molecule has 5 aromatic carbocycles. The summed E-state index contributed by atoms with van der Waals surface area (Å²) in [5.41, 5.74) is 4.33. The Morgan fingerprint density at radius 3 is 1.32 bits per heavy atom. The Bertz CT molecular complexity index is 1430. The first-order valence-electron chi connectivity index (χ1n) is 15.1. The molecule has 1 aliphatic heterocycles. The van der Waals surface area contributed by atoms with E-state index < -0.39 is 30.2 Å². The summed E-state index contributed by atoms with van der Waals surface area (Å²) in [7, 11) is 1.64. The van der Waals surface area contributed by atoms with Gasteiger partial charge in [-0.3, -0.25) is 0 Å². The summed E-state index contributed by atoms with van der Waals surface area (Å²) in [6.45, 7) is 1.06. The maximum Gasteiger partial charge on any atom is 0.186 e. The lowest BCUT2D eigenvalue weighted by Crippen LogP contribution is -2.42. The van der Waals surface area contributed by atoms with Crippen molar-refractivity contribution >= 4 is 0 Å². The van der Waals surface area contributed by atoms with Crippen molar-refractivity contribution in [2.24, 2.45) is 0 Å². The number of benzene rings is 5. The molecule has 0 N–H and O–H groups in total. The van der Waals surface area contributed by atoms with Gasteiger partial charge in [-0.15, -0.1) is 0 Å². The van der Waals surface area contributed by atoms with Crippen LogP contribution in [-0.2, 0) is 42.5 Å². The quantitative estimate of drug-likeness (QED) is 0.133. The summed E-state index contributed by atoms with van der Waals surface area (Å²) in [5.74, 6) is 0. The van der Waals surface area contributed by atoms with Crippen LogP contribution < -0.4 is 0 Å². The zero-order valence-electron chi connectivity index (χ0n) is 24.9. The van der Waals surface area contributed by atoms with Crippen molar-refractivity contribution in [2.75, 3.05) is 13.7 Å². The third-order valence-electron chi connectivity index (χ3n) is 8.08. The van der Waals surface area contributed by atoms with Crippen LogP contribution in [0.15, 0.2) is 152 Å². The Morgan fingerprint density at radius 1 is 0.523 bits per heavy atom. The normalized spacial score (nSPS) is 20.0. The highest BCUT2D eigenvalue weighted by Crippen LogP contribution is 2.41. The number of ether oxygens (including phenoxy) is 5. The van der Waals surface area contributed by atoms with Gasteiger partial charge in [-0.1, -0.05) is 152 Å². The highest BCUT2D eigenvalue weighted by Gasteiger charge is 2.48. The minimum absolute atomic E-state index is 0.239. The second kappa shape index (κ2) is 14.6. The van der Waals surface area contributed by atoms with E-state index in [2.05, 4.69) is 48.5 Å². The first-order chi connectivity index (χ1) is 21.8. The predicted octanol–water partition coefficient (Wildman–Crippen LogP) is 7.54. The molecule has 1 fully saturated rings. The van der Waals surface area contributed by atoms with Crippen molar-refractivity contribution in [2.45, 2.75) is 43.4 Å². The SMILES string of the molecule is CO[C@@H]1O[C@@H](COC(c2ccccc2)(c2ccccc2)c2ccccc2)[C@H](OCc2ccccc2)[C@H]1OCc1ccccc1. The van der Waals surface area contributed by atoms with E-state index in [1.54, 1.807) is 7.11 Å². The molecule has 0 unspecified atom stereocenters. The molecule has 5 nitrogen and oxygen atoms in total. The topological polar surface area (TPSA) is 46.2 Å². The van der Waals surface area contributed by atoms with E-state index in [1.165, 1.54) is 0 Å². The van der Waals surface area contributed by atoms with Gasteiger partial charge in [-0.05, 0) is 27.8 Å². The Kier molecular flexibility index (Phi) is 9.93. The van der Waals surface area contributed by atoms with Crippen LogP contribution in [0.3, 0.4) is 0 Å². The van der Waals surface area contributed by atoms with Gasteiger partial charge in [0.1, 0.15) is 23.9 Å². The summed E-state index contributed by atoms with van der Waals surface area (Å²) in [6.07, 6.45) is -1.98. The fourth-order valence-electron chi connectivity index (χ4n) is 5.90. The Morgan fingerprint density at radius 2 is 0.909 bits per heavy atom. The van der Waals surface area contributed by atoms with Crippen molar-refractivity contribution in [1.82, 2.24) is 0 Å². The number of hydrogen-bond acceptors (Lipinski definition) is 5. The third kappa shape index (κ3) is 6.68. The standard InChI is InChI=1S/C39H38O5/c1-40-38-37(42-28-31-19-9-3-10-20-31)36(41-27-30-17-7-2-8-18-30)35(44-38)29-43-39(32-21-11-4-12-22-32,33-23-13-5-14-24-33)34-25-15-6-16-26-34/h2-26,35-38H,27-29H2,1H3/t35-,36-,37+,38+/m0/s1. The molecule has 5 aromatic rings. The molecule has 1 aliphatic rings. The van der Waals surface area contributed by atoms with Crippen LogP contribution in [0.2, 0.25) is 0 Å². The average molecular weight is 587 g/mol. The monoisotopic (exact) mass is 586 g/mol. The summed E-state index contributed by atoms with van der Waals surface area (Å²) in [4.78, 5) is 0. The van der Waals surface area contributed by atoms with Crippen LogP contribution in [-0.4, -0.2) is 38.3 Å². The van der Waals surface area contributed by atoms with Gasteiger partial charge in [0.15, 0.2) is 6.29 Å². The van der Waals surface area contributed by atoms with E-state index in [4.69, 9.17) is 23.7 Å². The fourth-order valence-corrected chi connectivity index (χ4v) is 5.90. The Hall–Kier alpha value is -4.10. The molecule has 0 radical (unpaired) electrons. The van der Waals surface area contributed by atoms with E-state index in [-0.39, 0.29) is 6.61 Å². The van der Waals surface area contributed by atoms with Crippen LogP contribution in [0.5, 0.6) is 0 Å². The fraction of sp³-hybridized carbons (Fsp3) is 0.231. The Balaban J connectivity index is 1.33.